The Labute approximate surface area is 144 Å². The van der Waals surface area contributed by atoms with E-state index >= 15 is 0 Å². The van der Waals surface area contributed by atoms with Gasteiger partial charge in [-0.1, -0.05) is 13.8 Å². The molecule has 1 atom stereocenters. The second-order valence-electron chi connectivity index (χ2n) is 6.03. The van der Waals surface area contributed by atoms with E-state index in [0.29, 0.717) is 23.0 Å². The Hall–Kier alpha value is -3.03. The summed E-state index contributed by atoms with van der Waals surface area (Å²) in [5.74, 6) is -1.98. The number of carbonyl (C=O) groups is 3. The Morgan fingerprint density at radius 3 is 2.44 bits per heavy atom. The average Bonchev–Trinajstić information content (AvgIpc) is 2.58. The fraction of sp³-hybridized carbons (Fsp3) is 0.353. The van der Waals surface area contributed by atoms with E-state index in [2.05, 4.69) is 20.6 Å². The molecule has 1 heterocycles. The van der Waals surface area contributed by atoms with E-state index in [-0.39, 0.29) is 12.5 Å². The lowest BCUT2D eigenvalue weighted by Crippen LogP contribution is -2.46. The molecule has 0 aliphatic heterocycles. The average molecular weight is 344 g/mol. The third-order valence-electron chi connectivity index (χ3n) is 3.48. The Morgan fingerprint density at radius 1 is 1.12 bits per heavy atom. The van der Waals surface area contributed by atoms with Gasteiger partial charge in [-0.15, -0.1) is 0 Å². The summed E-state index contributed by atoms with van der Waals surface area (Å²) < 4.78 is 0. The van der Waals surface area contributed by atoms with Gasteiger partial charge in [0.1, 0.15) is 6.04 Å². The first-order valence-electron chi connectivity index (χ1n) is 7.88. The van der Waals surface area contributed by atoms with Crippen LogP contribution in [0.2, 0.25) is 0 Å². The molecule has 0 aliphatic rings. The minimum Gasteiger partial charge on any atom is -0.480 e. The fourth-order valence-electron chi connectivity index (χ4n) is 2.31. The Balaban J connectivity index is 1.93. The van der Waals surface area contributed by atoms with Gasteiger partial charge in [0.2, 0.25) is 5.91 Å². The maximum Gasteiger partial charge on any atom is 0.326 e. The first-order valence-corrected chi connectivity index (χ1v) is 7.88. The number of carboxylic acid groups (broad SMARTS) is 1. The Bertz CT molecular complexity index is 791. The van der Waals surface area contributed by atoms with Crippen molar-refractivity contribution in [2.75, 3.05) is 6.54 Å². The lowest BCUT2D eigenvalue weighted by Gasteiger charge is -2.16. The van der Waals surface area contributed by atoms with Crippen molar-refractivity contribution in [3.05, 3.63) is 36.2 Å². The lowest BCUT2D eigenvalue weighted by molar-refractivity contribution is -0.142. The van der Waals surface area contributed by atoms with Crippen LogP contribution in [0.4, 0.5) is 0 Å². The van der Waals surface area contributed by atoms with Crippen molar-refractivity contribution in [2.24, 2.45) is 5.92 Å². The minimum absolute atomic E-state index is 0.120. The van der Waals surface area contributed by atoms with Gasteiger partial charge < -0.3 is 15.7 Å². The van der Waals surface area contributed by atoms with Crippen LogP contribution < -0.4 is 10.6 Å². The molecule has 0 bridgehead atoms. The molecule has 2 aromatic rings. The van der Waals surface area contributed by atoms with Crippen LogP contribution >= 0.6 is 0 Å². The van der Waals surface area contributed by atoms with Crippen LogP contribution in [0.25, 0.3) is 11.0 Å². The summed E-state index contributed by atoms with van der Waals surface area (Å²) in [6, 6.07) is 3.86. The summed E-state index contributed by atoms with van der Waals surface area (Å²) in [6.07, 6.45) is 3.40. The number of aromatic nitrogens is 2. The number of hydrogen-bond acceptors (Lipinski definition) is 5. The van der Waals surface area contributed by atoms with Gasteiger partial charge in [0.05, 0.1) is 17.6 Å². The molecule has 0 saturated carbocycles. The van der Waals surface area contributed by atoms with E-state index in [4.69, 9.17) is 5.11 Å². The van der Waals surface area contributed by atoms with Gasteiger partial charge in [0.25, 0.3) is 5.91 Å². The molecular weight excluding hydrogens is 324 g/mol. The summed E-state index contributed by atoms with van der Waals surface area (Å²) in [5.41, 5.74) is 1.58. The molecule has 2 amide bonds. The molecule has 8 heteroatoms. The SMILES string of the molecule is CC(C)C[C@H](NC(=O)CNC(=O)c1ccc2nccnc2c1)C(=O)O. The van der Waals surface area contributed by atoms with Gasteiger partial charge >= 0.3 is 5.97 Å². The maximum absolute atomic E-state index is 12.1. The van der Waals surface area contributed by atoms with E-state index in [1.807, 2.05) is 13.8 Å². The number of fused-ring (bicyclic) bond motifs is 1. The van der Waals surface area contributed by atoms with Gasteiger partial charge in [0, 0.05) is 18.0 Å². The van der Waals surface area contributed by atoms with Crippen LogP contribution in [-0.2, 0) is 9.59 Å². The fourth-order valence-corrected chi connectivity index (χ4v) is 2.31. The minimum atomic E-state index is -1.10. The molecule has 1 aromatic heterocycles. The van der Waals surface area contributed by atoms with Crippen molar-refractivity contribution >= 4 is 28.8 Å². The third kappa shape index (κ3) is 5.23. The summed E-state index contributed by atoms with van der Waals surface area (Å²) in [6.45, 7) is 3.43. The smallest absolute Gasteiger partial charge is 0.326 e. The largest absolute Gasteiger partial charge is 0.480 e. The summed E-state index contributed by atoms with van der Waals surface area (Å²) in [7, 11) is 0. The highest BCUT2D eigenvalue weighted by Crippen LogP contribution is 2.10. The number of rotatable bonds is 7. The molecule has 0 unspecified atom stereocenters. The van der Waals surface area contributed by atoms with Gasteiger partial charge in [0.15, 0.2) is 0 Å². The molecule has 0 fully saturated rings. The van der Waals surface area contributed by atoms with Crippen LogP contribution in [0.3, 0.4) is 0 Å². The number of nitrogens with zero attached hydrogens (tertiary/aromatic N) is 2. The number of hydrogen-bond donors (Lipinski definition) is 3. The molecule has 0 saturated heterocycles. The molecular formula is C17H20N4O4. The van der Waals surface area contributed by atoms with E-state index in [1.54, 1.807) is 24.4 Å². The molecule has 132 valence electrons. The summed E-state index contributed by atoms with van der Waals surface area (Å²) >= 11 is 0. The topological polar surface area (TPSA) is 121 Å². The highest BCUT2D eigenvalue weighted by Gasteiger charge is 2.21. The van der Waals surface area contributed by atoms with Gasteiger partial charge in [-0.2, -0.15) is 0 Å². The predicted molar refractivity (Wildman–Crippen MR) is 90.9 cm³/mol. The highest BCUT2D eigenvalue weighted by molar-refractivity contribution is 5.99. The number of nitrogens with one attached hydrogen (secondary N) is 2. The van der Waals surface area contributed by atoms with Crippen molar-refractivity contribution in [1.29, 1.82) is 0 Å². The second kappa shape index (κ2) is 8.18. The van der Waals surface area contributed by atoms with Gasteiger partial charge in [-0.3, -0.25) is 19.6 Å². The van der Waals surface area contributed by atoms with E-state index in [0.717, 1.165) is 0 Å². The van der Waals surface area contributed by atoms with E-state index in [1.165, 1.54) is 6.20 Å². The number of carbonyl (C=O) groups excluding carboxylic acids is 2. The first kappa shape index (κ1) is 18.3. The number of carboxylic acids is 1. The number of aliphatic carboxylic acids is 1. The number of benzene rings is 1. The monoisotopic (exact) mass is 344 g/mol. The normalized spacial score (nSPS) is 12.0. The van der Waals surface area contributed by atoms with Crippen molar-refractivity contribution < 1.29 is 19.5 Å². The van der Waals surface area contributed by atoms with Crippen LogP contribution in [0, 0.1) is 5.92 Å². The Kier molecular flexibility index (Phi) is 5.99. The Morgan fingerprint density at radius 2 is 1.80 bits per heavy atom. The van der Waals surface area contributed by atoms with Crippen LogP contribution in [-0.4, -0.2) is 45.4 Å². The van der Waals surface area contributed by atoms with Gasteiger partial charge in [-0.25, -0.2) is 4.79 Å². The first-order chi connectivity index (χ1) is 11.9. The molecule has 2 rings (SSSR count). The summed E-state index contributed by atoms with van der Waals surface area (Å²) in [5, 5.41) is 14.0. The van der Waals surface area contributed by atoms with E-state index < -0.39 is 23.8 Å². The zero-order chi connectivity index (χ0) is 18.4. The maximum atomic E-state index is 12.1. The second-order valence-corrected chi connectivity index (χ2v) is 6.03. The molecule has 0 spiro atoms. The van der Waals surface area contributed by atoms with Crippen molar-refractivity contribution in [3.63, 3.8) is 0 Å². The molecule has 25 heavy (non-hydrogen) atoms. The third-order valence-corrected chi connectivity index (χ3v) is 3.48. The van der Waals surface area contributed by atoms with Gasteiger partial charge in [-0.05, 0) is 30.5 Å². The lowest BCUT2D eigenvalue weighted by atomic mass is 10.0. The van der Waals surface area contributed by atoms with Crippen molar-refractivity contribution in [2.45, 2.75) is 26.3 Å². The molecule has 3 N–H and O–H groups in total. The molecule has 0 aliphatic carbocycles. The van der Waals surface area contributed by atoms with Crippen LogP contribution in [0.5, 0.6) is 0 Å². The van der Waals surface area contributed by atoms with Crippen LogP contribution in [0.1, 0.15) is 30.6 Å². The molecule has 0 radical (unpaired) electrons. The predicted octanol–water partition coefficient (Wildman–Crippen LogP) is 0.975. The van der Waals surface area contributed by atoms with Crippen molar-refractivity contribution in [1.82, 2.24) is 20.6 Å². The highest BCUT2D eigenvalue weighted by atomic mass is 16.4. The zero-order valence-corrected chi connectivity index (χ0v) is 14.0. The standard InChI is InChI=1S/C17H20N4O4/c1-10(2)7-14(17(24)25)21-15(22)9-20-16(23)11-3-4-12-13(8-11)19-6-5-18-12/h3-6,8,10,14H,7,9H2,1-2H3,(H,20,23)(H,21,22)(H,24,25)/t14-/m0/s1. The van der Waals surface area contributed by atoms with Crippen molar-refractivity contribution in [3.8, 4) is 0 Å². The molecule has 1 aromatic carbocycles. The van der Waals surface area contributed by atoms with E-state index in [9.17, 15) is 14.4 Å². The zero-order valence-electron chi connectivity index (χ0n) is 14.0. The summed E-state index contributed by atoms with van der Waals surface area (Å²) in [4.78, 5) is 43.4. The van der Waals surface area contributed by atoms with Crippen LogP contribution in [0.15, 0.2) is 30.6 Å². The number of amides is 2. The molecule has 8 nitrogen and oxygen atoms in total. The quantitative estimate of drug-likeness (QED) is 0.688.